The van der Waals surface area contributed by atoms with Crippen LogP contribution in [-0.4, -0.2) is 41.1 Å². The second-order valence-electron chi connectivity index (χ2n) is 5.53. The molecule has 0 bridgehead atoms. The Hall–Kier alpha value is -2.94. The van der Waals surface area contributed by atoms with Crippen molar-refractivity contribution in [3.63, 3.8) is 0 Å². The molecule has 0 heterocycles. The maximum absolute atomic E-state index is 13.2. The Morgan fingerprint density at radius 3 is 2.22 bits per heavy atom. The third-order valence-electron chi connectivity index (χ3n) is 3.80. The highest BCUT2D eigenvalue weighted by Gasteiger charge is 2.29. The number of benzene rings is 2. The van der Waals surface area contributed by atoms with E-state index in [9.17, 15) is 22.4 Å². The standard InChI is InChI=1S/C18H18FNO6S/c1-12-4-5-13(18(22)26-3)10-16(12)20(11-17(21)25-2)27(23,24)15-8-6-14(19)7-9-15/h4-10H,11H2,1-3H3. The Balaban J connectivity index is 2.63. The minimum Gasteiger partial charge on any atom is -0.468 e. The summed E-state index contributed by atoms with van der Waals surface area (Å²) in [6.07, 6.45) is 0. The summed E-state index contributed by atoms with van der Waals surface area (Å²) in [4.78, 5) is 23.4. The number of aryl methyl sites for hydroxylation is 1. The van der Waals surface area contributed by atoms with Crippen LogP contribution in [0.3, 0.4) is 0 Å². The topological polar surface area (TPSA) is 90.0 Å². The summed E-state index contributed by atoms with van der Waals surface area (Å²) in [6, 6.07) is 8.51. The number of hydrogen-bond acceptors (Lipinski definition) is 6. The number of carbonyl (C=O) groups excluding carboxylic acids is 2. The molecule has 0 amide bonds. The lowest BCUT2D eigenvalue weighted by atomic mass is 10.1. The molecule has 0 fully saturated rings. The van der Waals surface area contributed by atoms with Crippen molar-refractivity contribution in [2.24, 2.45) is 0 Å². The minimum absolute atomic E-state index is 0.104. The number of ether oxygens (including phenoxy) is 2. The van der Waals surface area contributed by atoms with Crippen molar-refractivity contribution in [1.82, 2.24) is 0 Å². The fraction of sp³-hybridized carbons (Fsp3) is 0.222. The second kappa shape index (κ2) is 8.17. The fourth-order valence-electron chi connectivity index (χ4n) is 2.34. The van der Waals surface area contributed by atoms with Crippen molar-refractivity contribution in [3.8, 4) is 0 Å². The van der Waals surface area contributed by atoms with Crippen molar-refractivity contribution in [3.05, 3.63) is 59.4 Å². The molecule has 0 spiro atoms. The van der Waals surface area contributed by atoms with Gasteiger partial charge in [-0.2, -0.15) is 0 Å². The van der Waals surface area contributed by atoms with Crippen LogP contribution in [0.5, 0.6) is 0 Å². The zero-order valence-corrected chi connectivity index (χ0v) is 15.7. The van der Waals surface area contributed by atoms with Crippen LogP contribution in [0.4, 0.5) is 10.1 Å². The van der Waals surface area contributed by atoms with Gasteiger partial charge < -0.3 is 9.47 Å². The van der Waals surface area contributed by atoms with Crippen LogP contribution in [-0.2, 0) is 24.3 Å². The molecule has 0 aliphatic carbocycles. The average molecular weight is 395 g/mol. The molecule has 9 heteroatoms. The number of sulfonamides is 1. The van der Waals surface area contributed by atoms with Gasteiger partial charge in [-0.15, -0.1) is 0 Å². The van der Waals surface area contributed by atoms with Crippen LogP contribution in [0.25, 0.3) is 0 Å². The van der Waals surface area contributed by atoms with Gasteiger partial charge in [0.25, 0.3) is 10.0 Å². The molecule has 144 valence electrons. The van der Waals surface area contributed by atoms with E-state index in [1.165, 1.54) is 25.3 Å². The van der Waals surface area contributed by atoms with Crippen molar-refractivity contribution in [2.75, 3.05) is 25.1 Å². The normalized spacial score (nSPS) is 11.0. The molecule has 2 aromatic carbocycles. The molecular weight excluding hydrogens is 377 g/mol. The van der Waals surface area contributed by atoms with E-state index in [0.29, 0.717) is 5.56 Å². The highest BCUT2D eigenvalue weighted by Crippen LogP contribution is 2.28. The van der Waals surface area contributed by atoms with Crippen LogP contribution in [0.2, 0.25) is 0 Å². The summed E-state index contributed by atoms with van der Waals surface area (Å²) < 4.78 is 49.4. The Morgan fingerprint density at radius 1 is 1.04 bits per heavy atom. The lowest BCUT2D eigenvalue weighted by molar-refractivity contribution is -0.138. The van der Waals surface area contributed by atoms with Gasteiger partial charge in [0.15, 0.2) is 0 Å². The van der Waals surface area contributed by atoms with Gasteiger partial charge in [-0.3, -0.25) is 9.10 Å². The van der Waals surface area contributed by atoms with E-state index in [2.05, 4.69) is 9.47 Å². The van der Waals surface area contributed by atoms with E-state index in [1.54, 1.807) is 6.92 Å². The maximum Gasteiger partial charge on any atom is 0.337 e. The number of carbonyl (C=O) groups is 2. The molecule has 0 radical (unpaired) electrons. The minimum atomic E-state index is -4.23. The summed E-state index contributed by atoms with van der Waals surface area (Å²) >= 11 is 0. The van der Waals surface area contributed by atoms with Crippen LogP contribution < -0.4 is 4.31 Å². The van der Waals surface area contributed by atoms with Gasteiger partial charge in [0.05, 0.1) is 30.4 Å². The van der Waals surface area contributed by atoms with Gasteiger partial charge in [-0.25, -0.2) is 17.6 Å². The number of rotatable bonds is 6. The van der Waals surface area contributed by atoms with E-state index in [1.807, 2.05) is 0 Å². The molecule has 0 N–H and O–H groups in total. The summed E-state index contributed by atoms with van der Waals surface area (Å²) in [6.45, 7) is 1.00. The monoisotopic (exact) mass is 395 g/mol. The number of esters is 2. The van der Waals surface area contributed by atoms with E-state index >= 15 is 0 Å². The van der Waals surface area contributed by atoms with Crippen molar-refractivity contribution in [1.29, 1.82) is 0 Å². The van der Waals surface area contributed by atoms with Gasteiger partial charge in [-0.1, -0.05) is 6.07 Å². The first-order valence-corrected chi connectivity index (χ1v) is 9.18. The molecule has 0 aliphatic rings. The van der Waals surface area contributed by atoms with E-state index < -0.39 is 34.3 Å². The van der Waals surface area contributed by atoms with Gasteiger partial charge in [0.1, 0.15) is 12.4 Å². The van der Waals surface area contributed by atoms with Crippen molar-refractivity contribution >= 4 is 27.6 Å². The second-order valence-corrected chi connectivity index (χ2v) is 7.40. The predicted octanol–water partition coefficient (Wildman–Crippen LogP) is 2.29. The summed E-state index contributed by atoms with van der Waals surface area (Å²) in [5, 5.41) is 0. The first-order valence-electron chi connectivity index (χ1n) is 7.74. The summed E-state index contributed by atoms with van der Waals surface area (Å²) in [7, 11) is -1.91. The Morgan fingerprint density at radius 2 is 1.67 bits per heavy atom. The number of anilines is 1. The van der Waals surface area contributed by atoms with Gasteiger partial charge in [0.2, 0.25) is 0 Å². The molecule has 2 rings (SSSR count). The highest BCUT2D eigenvalue weighted by molar-refractivity contribution is 7.92. The zero-order chi connectivity index (χ0) is 20.2. The van der Waals surface area contributed by atoms with Crippen LogP contribution in [0, 0.1) is 12.7 Å². The maximum atomic E-state index is 13.2. The van der Waals surface area contributed by atoms with Crippen LogP contribution in [0.15, 0.2) is 47.4 Å². The molecular formula is C18H18FNO6S. The molecule has 0 unspecified atom stereocenters. The molecule has 0 saturated heterocycles. The molecule has 27 heavy (non-hydrogen) atoms. The lowest BCUT2D eigenvalue weighted by Crippen LogP contribution is -2.37. The van der Waals surface area contributed by atoms with Gasteiger partial charge >= 0.3 is 11.9 Å². The fourth-order valence-corrected chi connectivity index (χ4v) is 3.80. The largest absolute Gasteiger partial charge is 0.468 e. The van der Waals surface area contributed by atoms with E-state index in [0.717, 1.165) is 35.7 Å². The van der Waals surface area contributed by atoms with Crippen LogP contribution >= 0.6 is 0 Å². The molecule has 0 aliphatic heterocycles. The zero-order valence-electron chi connectivity index (χ0n) is 14.9. The van der Waals surface area contributed by atoms with Crippen molar-refractivity contribution in [2.45, 2.75) is 11.8 Å². The molecule has 2 aromatic rings. The van der Waals surface area contributed by atoms with E-state index in [4.69, 9.17) is 0 Å². The third-order valence-corrected chi connectivity index (χ3v) is 5.57. The Kier molecular flexibility index (Phi) is 6.17. The Labute approximate surface area is 156 Å². The summed E-state index contributed by atoms with van der Waals surface area (Å²) in [5.41, 5.74) is 0.715. The SMILES string of the molecule is COC(=O)CN(c1cc(C(=O)OC)ccc1C)S(=O)(=O)c1ccc(F)cc1. The molecule has 0 atom stereocenters. The third kappa shape index (κ3) is 4.43. The Bertz CT molecular complexity index is 956. The number of nitrogens with zero attached hydrogens (tertiary/aromatic N) is 1. The number of hydrogen-bond donors (Lipinski definition) is 0. The average Bonchev–Trinajstić information content (AvgIpc) is 2.66. The van der Waals surface area contributed by atoms with E-state index in [-0.39, 0.29) is 16.1 Å². The van der Waals surface area contributed by atoms with Gasteiger partial charge in [0, 0.05) is 0 Å². The first kappa shape index (κ1) is 20.4. The van der Waals surface area contributed by atoms with Gasteiger partial charge in [-0.05, 0) is 48.9 Å². The predicted molar refractivity (Wildman–Crippen MR) is 95.5 cm³/mol. The van der Waals surface area contributed by atoms with Crippen molar-refractivity contribution < 1.29 is 31.9 Å². The lowest BCUT2D eigenvalue weighted by Gasteiger charge is -2.25. The molecule has 7 nitrogen and oxygen atoms in total. The quantitative estimate of drug-likeness (QED) is 0.697. The number of methoxy groups -OCH3 is 2. The van der Waals surface area contributed by atoms with Crippen LogP contribution in [0.1, 0.15) is 15.9 Å². The smallest absolute Gasteiger partial charge is 0.337 e. The molecule has 0 aromatic heterocycles. The first-order chi connectivity index (χ1) is 12.7. The number of halogens is 1. The molecule has 0 saturated carbocycles. The summed E-state index contributed by atoms with van der Waals surface area (Å²) in [5.74, 6) is -2.06. The highest BCUT2D eigenvalue weighted by atomic mass is 32.2.